The van der Waals surface area contributed by atoms with E-state index in [-0.39, 0.29) is 6.98 Å². The van der Waals surface area contributed by atoms with E-state index in [2.05, 4.69) is 22.6 Å². The van der Waals surface area contributed by atoms with Crippen molar-refractivity contribution in [1.29, 1.82) is 0 Å². The molecule has 19 heavy (non-hydrogen) atoms. The van der Waals surface area contributed by atoms with Gasteiger partial charge in [0.05, 0.1) is 23.9 Å². The van der Waals surface area contributed by atoms with Gasteiger partial charge in [-0.05, 0) is 17.6 Å². The lowest BCUT2D eigenvalue weighted by Gasteiger charge is -2.30. The summed E-state index contributed by atoms with van der Waals surface area (Å²) in [6.45, 7) is 0.0569. The first-order chi connectivity index (χ1) is 9.42. The van der Waals surface area contributed by atoms with Gasteiger partial charge in [0.25, 0.3) is 0 Å². The molecule has 90 valence electrons. The monoisotopic (exact) mass is 248 g/mol. The summed E-state index contributed by atoms with van der Waals surface area (Å²) in [7, 11) is 0. The van der Waals surface area contributed by atoms with Crippen LogP contribution in [0.2, 0.25) is 0 Å². The number of nitrogens with one attached hydrogen (secondary N) is 2. The molecule has 0 saturated carbocycles. The number of rotatable bonds is 0. The van der Waals surface area contributed by atoms with Gasteiger partial charge < -0.3 is 19.3 Å². The van der Waals surface area contributed by atoms with E-state index < -0.39 is 0 Å². The topological polar surface area (TPSA) is 50.3 Å². The van der Waals surface area contributed by atoms with E-state index in [1.807, 2.05) is 18.2 Å². The maximum absolute atomic E-state index is 5.60. The third kappa shape index (κ3) is 1.05. The fourth-order valence-electron chi connectivity index (χ4n) is 3.03. The molecule has 0 amide bonds. The molecule has 2 aliphatic rings. The summed E-state index contributed by atoms with van der Waals surface area (Å²) in [6, 6.07) is 10.1. The Balaban J connectivity index is 1.89. The van der Waals surface area contributed by atoms with Crippen LogP contribution >= 0.6 is 0 Å². The average Bonchev–Trinajstić information content (AvgIpc) is 3.07. The van der Waals surface area contributed by atoms with Gasteiger partial charge in [0.1, 0.15) is 0 Å². The first kappa shape index (κ1) is 9.38. The Morgan fingerprint density at radius 2 is 1.37 bits per heavy atom. The molecule has 2 N–H and O–H groups in total. The number of furan rings is 2. The highest BCUT2D eigenvalue weighted by Gasteiger charge is 2.37. The fraction of sp³-hybridized carbons (Fsp3) is 0. The van der Waals surface area contributed by atoms with Gasteiger partial charge in [-0.15, -0.1) is 0 Å². The molecule has 4 nitrogen and oxygen atoms in total. The molecule has 4 heterocycles. The first-order valence-corrected chi connectivity index (χ1v) is 6.23. The second-order valence-corrected chi connectivity index (χ2v) is 4.82. The van der Waals surface area contributed by atoms with Crippen molar-refractivity contribution in [2.45, 2.75) is 0 Å². The van der Waals surface area contributed by atoms with Gasteiger partial charge in [-0.25, -0.2) is 0 Å². The highest BCUT2D eigenvalue weighted by Crippen LogP contribution is 2.39. The molecule has 0 unspecified atom stereocenters. The number of benzene rings is 1. The molecule has 5 rings (SSSR count). The van der Waals surface area contributed by atoms with Crippen molar-refractivity contribution < 1.29 is 8.83 Å². The van der Waals surface area contributed by atoms with Gasteiger partial charge in [0.2, 0.25) is 0 Å². The summed E-state index contributed by atoms with van der Waals surface area (Å²) >= 11 is 0. The number of anilines is 2. The van der Waals surface area contributed by atoms with Crippen LogP contribution in [0.15, 0.2) is 51.7 Å². The minimum Gasteiger partial charge on any atom is -0.462 e. The molecule has 0 spiro atoms. The predicted octanol–water partition coefficient (Wildman–Crippen LogP) is 2.75. The van der Waals surface area contributed by atoms with Gasteiger partial charge in [0, 0.05) is 11.1 Å². The lowest BCUT2D eigenvalue weighted by molar-refractivity contribution is 0.581. The van der Waals surface area contributed by atoms with Crippen LogP contribution in [0, 0.1) is 0 Å². The number of hydrogen-bond donors (Lipinski definition) is 2. The maximum atomic E-state index is 5.60. The summed E-state index contributed by atoms with van der Waals surface area (Å²) in [6.07, 6.45) is 3.43. The second kappa shape index (κ2) is 3.06. The van der Waals surface area contributed by atoms with Crippen molar-refractivity contribution in [3.05, 3.63) is 42.9 Å². The summed E-state index contributed by atoms with van der Waals surface area (Å²) in [4.78, 5) is 0. The van der Waals surface area contributed by atoms with Crippen molar-refractivity contribution in [3.8, 4) is 22.6 Å². The van der Waals surface area contributed by atoms with E-state index in [1.165, 1.54) is 5.46 Å². The minimum absolute atomic E-state index is 0.0569. The molecule has 1 aromatic carbocycles. The molecule has 0 bridgehead atoms. The lowest BCUT2D eigenvalue weighted by Crippen LogP contribution is -2.51. The largest absolute Gasteiger partial charge is 0.462 e. The van der Waals surface area contributed by atoms with Crippen LogP contribution in [0.25, 0.3) is 22.6 Å². The Labute approximate surface area is 109 Å². The molecule has 0 atom stereocenters. The Hall–Kier alpha value is -2.56. The van der Waals surface area contributed by atoms with Crippen LogP contribution in [-0.4, -0.2) is 6.98 Å². The lowest BCUT2D eigenvalue weighted by atomic mass is 9.59. The van der Waals surface area contributed by atoms with Crippen molar-refractivity contribution in [2.24, 2.45) is 0 Å². The average molecular weight is 248 g/mol. The standard InChI is InChI=1S/C14H9BN2O2/c1-2-8-12-9(3-1)14-11(5-7-19-14)17-15(12)16-10-4-6-18-13(8)10/h1-7,16-17H. The molecule has 0 saturated heterocycles. The Bertz CT molecular complexity index is 743. The van der Waals surface area contributed by atoms with E-state index in [0.29, 0.717) is 0 Å². The van der Waals surface area contributed by atoms with Crippen LogP contribution in [0.5, 0.6) is 0 Å². The zero-order valence-electron chi connectivity index (χ0n) is 9.94. The first-order valence-electron chi connectivity index (χ1n) is 6.23. The van der Waals surface area contributed by atoms with E-state index >= 15 is 0 Å². The highest BCUT2D eigenvalue weighted by atomic mass is 16.3. The van der Waals surface area contributed by atoms with Crippen LogP contribution in [0.1, 0.15) is 0 Å². The Kier molecular flexibility index (Phi) is 1.51. The van der Waals surface area contributed by atoms with Crippen LogP contribution in [-0.2, 0) is 0 Å². The molecule has 0 aliphatic carbocycles. The summed E-state index contributed by atoms with van der Waals surface area (Å²) in [5.41, 5.74) is 5.47. The summed E-state index contributed by atoms with van der Waals surface area (Å²) < 4.78 is 11.2. The Morgan fingerprint density at radius 3 is 1.95 bits per heavy atom. The van der Waals surface area contributed by atoms with E-state index in [0.717, 1.165) is 34.0 Å². The van der Waals surface area contributed by atoms with Gasteiger partial charge in [-0.3, -0.25) is 0 Å². The molecule has 0 radical (unpaired) electrons. The quantitative estimate of drug-likeness (QED) is 0.600. The SMILES string of the molecule is c1cc2c3c(c1)-c1occc1NB3Nc1ccoc1-2. The van der Waals surface area contributed by atoms with Gasteiger partial charge >= 0.3 is 6.98 Å². The molecule has 2 aromatic heterocycles. The third-order valence-corrected chi connectivity index (χ3v) is 3.81. The predicted molar refractivity (Wildman–Crippen MR) is 74.5 cm³/mol. The number of hydrogen-bond acceptors (Lipinski definition) is 4. The molecule has 0 fully saturated rings. The molecule has 2 aliphatic heterocycles. The van der Waals surface area contributed by atoms with Gasteiger partial charge in [-0.2, -0.15) is 0 Å². The summed E-state index contributed by atoms with van der Waals surface area (Å²) in [5.74, 6) is 1.79. The fourth-order valence-corrected chi connectivity index (χ4v) is 3.03. The molecule has 5 heteroatoms. The smallest absolute Gasteiger partial charge is 0.407 e. The van der Waals surface area contributed by atoms with E-state index in [1.54, 1.807) is 12.5 Å². The second-order valence-electron chi connectivity index (χ2n) is 4.82. The maximum Gasteiger partial charge on any atom is 0.407 e. The normalized spacial score (nSPS) is 14.0. The third-order valence-electron chi connectivity index (χ3n) is 3.81. The number of fused-ring (bicyclic) bond motifs is 4. The van der Waals surface area contributed by atoms with Crippen LogP contribution in [0.3, 0.4) is 0 Å². The van der Waals surface area contributed by atoms with Crippen molar-refractivity contribution in [3.63, 3.8) is 0 Å². The Morgan fingerprint density at radius 1 is 0.789 bits per heavy atom. The van der Waals surface area contributed by atoms with Gasteiger partial charge in [0.15, 0.2) is 11.5 Å². The van der Waals surface area contributed by atoms with Gasteiger partial charge in [-0.1, -0.05) is 18.2 Å². The van der Waals surface area contributed by atoms with Crippen molar-refractivity contribution in [2.75, 3.05) is 10.5 Å². The van der Waals surface area contributed by atoms with E-state index in [9.17, 15) is 0 Å². The van der Waals surface area contributed by atoms with Crippen LogP contribution in [0.4, 0.5) is 11.4 Å². The van der Waals surface area contributed by atoms with E-state index in [4.69, 9.17) is 8.83 Å². The molecular weight excluding hydrogens is 239 g/mol. The molecule has 3 aromatic rings. The minimum atomic E-state index is 0.0569. The highest BCUT2D eigenvalue weighted by molar-refractivity contribution is 6.83. The molecular formula is C14H9BN2O2. The van der Waals surface area contributed by atoms with Crippen LogP contribution < -0.4 is 15.9 Å². The summed E-state index contributed by atoms with van der Waals surface area (Å²) in [5, 5.41) is 6.92. The van der Waals surface area contributed by atoms with Crippen molar-refractivity contribution >= 4 is 23.8 Å². The van der Waals surface area contributed by atoms with Crippen molar-refractivity contribution in [1.82, 2.24) is 0 Å². The zero-order valence-corrected chi connectivity index (χ0v) is 9.94. The zero-order chi connectivity index (χ0) is 12.4.